The first kappa shape index (κ1) is 14.7. The molecule has 1 aromatic rings. The number of amides is 2. The van der Waals surface area contributed by atoms with Crippen molar-refractivity contribution in [3.8, 4) is 0 Å². The first-order valence-electron chi connectivity index (χ1n) is 5.76. The van der Waals surface area contributed by atoms with Gasteiger partial charge in [0.2, 0.25) is 5.91 Å². The van der Waals surface area contributed by atoms with E-state index in [1.165, 1.54) is 11.8 Å². The molecule has 1 saturated heterocycles. The molecule has 0 N–H and O–H groups in total. The molecule has 0 bridgehead atoms. The Bertz CT molecular complexity index is 408. The summed E-state index contributed by atoms with van der Waals surface area (Å²) in [6, 6.07) is 9.58. The maximum Gasteiger partial charge on any atom is 0.416 e. The zero-order chi connectivity index (χ0) is 13.5. The highest BCUT2D eigenvalue weighted by Crippen LogP contribution is 2.17. The van der Waals surface area contributed by atoms with Gasteiger partial charge in [0.25, 0.3) is 0 Å². The molecule has 0 radical (unpaired) electrons. The number of hydrogen-bond acceptors (Lipinski definition) is 3. The maximum atomic E-state index is 11.3. The average molecular weight is 267 g/mol. The number of ether oxygens (including phenoxy) is 1. The summed E-state index contributed by atoms with van der Waals surface area (Å²) in [6.07, 6.45) is 0.111. The Balaban J connectivity index is 0.000000771. The third kappa shape index (κ3) is 3.54. The highest BCUT2D eigenvalue weighted by atomic mass is 31.0. The lowest BCUT2D eigenvalue weighted by Crippen LogP contribution is -2.38. The van der Waals surface area contributed by atoms with E-state index in [1.54, 1.807) is 0 Å². The molecule has 98 valence electrons. The number of nitrogens with zero attached hydrogens (tertiary/aromatic N) is 1. The summed E-state index contributed by atoms with van der Waals surface area (Å²) in [7, 11) is 2.42. The molecule has 2 atom stereocenters. The standard InChI is InChI=1S/C12H13NO3.CH5P/c1-9(14)13-11(8-16-12(13)15)7-10-5-3-2-4-6-10;1-2/h2-6,11H,7-8H2,1H3;2H2,1H3. The highest BCUT2D eigenvalue weighted by molar-refractivity contribution is 7.15. The van der Waals surface area contributed by atoms with Crippen LogP contribution in [0.2, 0.25) is 0 Å². The van der Waals surface area contributed by atoms with Crippen LogP contribution in [0.5, 0.6) is 0 Å². The predicted octanol–water partition coefficient (Wildman–Crippen LogP) is 2.09. The van der Waals surface area contributed by atoms with Gasteiger partial charge >= 0.3 is 6.09 Å². The van der Waals surface area contributed by atoms with Crippen LogP contribution in [0.15, 0.2) is 30.3 Å². The third-order valence-corrected chi connectivity index (χ3v) is 2.61. The number of carbonyl (C=O) groups excluding carboxylic acids is 2. The van der Waals surface area contributed by atoms with Crippen LogP contribution in [-0.2, 0) is 16.0 Å². The van der Waals surface area contributed by atoms with Gasteiger partial charge < -0.3 is 4.74 Å². The number of carbonyl (C=O) groups is 2. The zero-order valence-electron chi connectivity index (χ0n) is 10.6. The second-order valence-corrected chi connectivity index (χ2v) is 3.81. The Morgan fingerprint density at radius 3 is 2.56 bits per heavy atom. The van der Waals surface area contributed by atoms with Crippen LogP contribution >= 0.6 is 9.24 Å². The lowest BCUT2D eigenvalue weighted by molar-refractivity contribution is -0.126. The molecule has 4 nitrogen and oxygen atoms in total. The molecule has 5 heteroatoms. The summed E-state index contributed by atoms with van der Waals surface area (Å²) in [4.78, 5) is 23.8. The first-order valence-corrected chi connectivity index (χ1v) is 6.92. The molecule has 1 heterocycles. The van der Waals surface area contributed by atoms with E-state index >= 15 is 0 Å². The Hall–Kier alpha value is -1.41. The number of imide groups is 1. The molecular weight excluding hydrogens is 249 g/mol. The Morgan fingerprint density at radius 1 is 1.39 bits per heavy atom. The number of rotatable bonds is 2. The van der Waals surface area contributed by atoms with Crippen molar-refractivity contribution in [2.45, 2.75) is 19.4 Å². The fraction of sp³-hybridized carbons (Fsp3) is 0.385. The van der Waals surface area contributed by atoms with Crippen molar-refractivity contribution >= 4 is 21.2 Å². The van der Waals surface area contributed by atoms with Crippen LogP contribution in [0.25, 0.3) is 0 Å². The molecular formula is C13H18NO3P. The molecule has 0 aliphatic carbocycles. The largest absolute Gasteiger partial charge is 0.447 e. The number of benzene rings is 1. The van der Waals surface area contributed by atoms with E-state index in [9.17, 15) is 9.59 Å². The minimum absolute atomic E-state index is 0.174. The lowest BCUT2D eigenvalue weighted by Gasteiger charge is -2.17. The molecule has 18 heavy (non-hydrogen) atoms. The van der Waals surface area contributed by atoms with Crippen molar-refractivity contribution < 1.29 is 14.3 Å². The molecule has 2 amide bonds. The van der Waals surface area contributed by atoms with Gasteiger partial charge in [0.15, 0.2) is 0 Å². The van der Waals surface area contributed by atoms with Crippen molar-refractivity contribution in [2.24, 2.45) is 0 Å². The van der Waals surface area contributed by atoms with E-state index in [0.717, 1.165) is 5.56 Å². The first-order chi connectivity index (χ1) is 8.68. The molecule has 0 spiro atoms. The molecule has 1 aliphatic heterocycles. The van der Waals surface area contributed by atoms with Gasteiger partial charge in [-0.05, 0) is 12.0 Å². The molecule has 1 aliphatic rings. The highest BCUT2D eigenvalue weighted by Gasteiger charge is 2.35. The van der Waals surface area contributed by atoms with E-state index in [4.69, 9.17) is 4.74 Å². The van der Waals surface area contributed by atoms with Gasteiger partial charge in [-0.1, -0.05) is 37.0 Å². The number of hydrogen-bond donors (Lipinski definition) is 0. The minimum atomic E-state index is -0.534. The smallest absolute Gasteiger partial charge is 0.416 e. The van der Waals surface area contributed by atoms with Crippen LogP contribution in [-0.4, -0.2) is 36.2 Å². The van der Waals surface area contributed by atoms with Crippen LogP contribution in [0.4, 0.5) is 4.79 Å². The van der Waals surface area contributed by atoms with Crippen molar-refractivity contribution in [3.63, 3.8) is 0 Å². The Morgan fingerprint density at radius 2 is 2.00 bits per heavy atom. The maximum absolute atomic E-state index is 11.3. The Kier molecular flexibility index (Phi) is 5.79. The fourth-order valence-corrected chi connectivity index (χ4v) is 1.88. The molecule has 2 rings (SSSR count). The second kappa shape index (κ2) is 7.12. The summed E-state index contributed by atoms with van der Waals surface area (Å²) < 4.78 is 4.88. The van der Waals surface area contributed by atoms with Gasteiger partial charge in [-0.25, -0.2) is 9.69 Å². The molecule has 0 aromatic heterocycles. The summed E-state index contributed by atoms with van der Waals surface area (Å²) in [5, 5.41) is 0. The fourth-order valence-electron chi connectivity index (χ4n) is 1.88. The zero-order valence-corrected chi connectivity index (χ0v) is 11.8. The SMILES string of the molecule is CC(=O)N1C(=O)OCC1Cc1ccccc1.CP. The average Bonchev–Trinajstić information content (AvgIpc) is 2.74. The molecule has 1 aromatic carbocycles. The predicted molar refractivity (Wildman–Crippen MR) is 73.4 cm³/mol. The van der Waals surface area contributed by atoms with E-state index in [0.29, 0.717) is 6.42 Å². The van der Waals surface area contributed by atoms with Gasteiger partial charge in [-0.2, -0.15) is 0 Å². The Labute approximate surface area is 110 Å². The van der Waals surface area contributed by atoms with Crippen molar-refractivity contribution in [2.75, 3.05) is 13.3 Å². The van der Waals surface area contributed by atoms with Crippen LogP contribution in [0.1, 0.15) is 12.5 Å². The van der Waals surface area contributed by atoms with Crippen molar-refractivity contribution in [1.29, 1.82) is 0 Å². The monoisotopic (exact) mass is 267 g/mol. The van der Waals surface area contributed by atoms with Crippen LogP contribution in [0.3, 0.4) is 0 Å². The molecule has 1 fully saturated rings. The summed E-state index contributed by atoms with van der Waals surface area (Å²) in [6.45, 7) is 3.58. The quantitative estimate of drug-likeness (QED) is 0.771. The van der Waals surface area contributed by atoms with E-state index in [-0.39, 0.29) is 18.6 Å². The van der Waals surface area contributed by atoms with Crippen molar-refractivity contribution in [3.05, 3.63) is 35.9 Å². The summed E-state index contributed by atoms with van der Waals surface area (Å²) in [5.41, 5.74) is 1.09. The van der Waals surface area contributed by atoms with Gasteiger partial charge in [-0.15, -0.1) is 9.24 Å². The lowest BCUT2D eigenvalue weighted by atomic mass is 10.1. The summed E-state index contributed by atoms with van der Waals surface area (Å²) >= 11 is 0. The second-order valence-electron chi connectivity index (χ2n) is 3.81. The van der Waals surface area contributed by atoms with Crippen LogP contribution in [0, 0.1) is 0 Å². The normalized spacial score (nSPS) is 17.8. The van der Waals surface area contributed by atoms with Gasteiger partial charge in [-0.3, -0.25) is 4.79 Å². The van der Waals surface area contributed by atoms with E-state index in [1.807, 2.05) is 37.0 Å². The molecule has 2 unspecified atom stereocenters. The summed E-state index contributed by atoms with van der Waals surface area (Å²) in [5.74, 6) is -0.261. The van der Waals surface area contributed by atoms with E-state index in [2.05, 4.69) is 9.24 Å². The van der Waals surface area contributed by atoms with Gasteiger partial charge in [0, 0.05) is 6.92 Å². The number of cyclic esters (lactones) is 1. The third-order valence-electron chi connectivity index (χ3n) is 2.61. The van der Waals surface area contributed by atoms with Gasteiger partial charge in [0.05, 0.1) is 6.04 Å². The topological polar surface area (TPSA) is 46.6 Å². The van der Waals surface area contributed by atoms with Gasteiger partial charge in [0.1, 0.15) is 6.61 Å². The molecule has 0 saturated carbocycles. The van der Waals surface area contributed by atoms with E-state index < -0.39 is 6.09 Å². The van der Waals surface area contributed by atoms with Crippen LogP contribution < -0.4 is 0 Å². The minimum Gasteiger partial charge on any atom is -0.447 e. The van der Waals surface area contributed by atoms with Crippen molar-refractivity contribution in [1.82, 2.24) is 4.90 Å².